The van der Waals surface area contributed by atoms with Crippen LogP contribution in [-0.4, -0.2) is 32.2 Å². The van der Waals surface area contributed by atoms with Crippen LogP contribution in [0.2, 0.25) is 0 Å². The largest absolute Gasteiger partial charge is 0.450 e. The molecule has 13 heavy (non-hydrogen) atoms. The van der Waals surface area contributed by atoms with Crippen molar-refractivity contribution < 1.29 is 18.0 Å². The van der Waals surface area contributed by atoms with Crippen molar-refractivity contribution in [2.24, 2.45) is 7.05 Å². The summed E-state index contributed by atoms with van der Waals surface area (Å²) in [7, 11) is 1.40. The van der Waals surface area contributed by atoms with E-state index in [2.05, 4.69) is 15.4 Å². The van der Waals surface area contributed by atoms with Gasteiger partial charge in [-0.05, 0) is 5.21 Å². The summed E-state index contributed by atoms with van der Waals surface area (Å²) in [5.41, 5.74) is 0. The van der Waals surface area contributed by atoms with Crippen LogP contribution >= 0.6 is 0 Å². The van der Waals surface area contributed by atoms with Crippen molar-refractivity contribution in [1.29, 1.82) is 0 Å². The Morgan fingerprint density at radius 1 is 1.54 bits per heavy atom. The fourth-order valence-electron chi connectivity index (χ4n) is 0.638. The molecule has 0 aliphatic carbocycles. The number of alkyl halides is 3. The summed E-state index contributed by atoms with van der Waals surface area (Å²) in [5.74, 6) is -2.11. The summed E-state index contributed by atoms with van der Waals surface area (Å²) in [6.45, 7) is 0. The van der Waals surface area contributed by atoms with Crippen molar-refractivity contribution in [2.45, 2.75) is 12.6 Å². The van der Waals surface area contributed by atoms with Gasteiger partial charge in [0.1, 0.15) is 0 Å². The number of carbonyl (C=O) groups excluding carboxylic acids is 1. The molecule has 0 amide bonds. The molecular weight excluding hydrogens is 189 g/mol. The third-order valence-electron chi connectivity index (χ3n) is 1.18. The maximum Gasteiger partial charge on any atom is 0.450 e. The number of ketones is 1. The number of tetrazole rings is 1. The Balaban J connectivity index is 2.65. The molecule has 0 spiro atoms. The van der Waals surface area contributed by atoms with Crippen molar-refractivity contribution in [3.63, 3.8) is 0 Å². The monoisotopic (exact) mass is 194 g/mol. The average Bonchev–Trinajstić information content (AvgIpc) is 2.33. The molecule has 0 aliphatic heterocycles. The van der Waals surface area contributed by atoms with Gasteiger partial charge in [0.25, 0.3) is 0 Å². The first-order chi connectivity index (χ1) is 5.89. The number of halogens is 3. The van der Waals surface area contributed by atoms with Gasteiger partial charge in [-0.15, -0.1) is 10.2 Å². The molecule has 1 aromatic heterocycles. The summed E-state index contributed by atoms with van der Waals surface area (Å²) in [4.78, 5) is 11.4. The van der Waals surface area contributed by atoms with Crippen molar-refractivity contribution in [2.75, 3.05) is 0 Å². The number of aromatic nitrogens is 4. The molecule has 0 radical (unpaired) electrons. The second-order valence-electron chi connectivity index (χ2n) is 2.29. The zero-order valence-electron chi connectivity index (χ0n) is 6.54. The van der Waals surface area contributed by atoms with E-state index in [9.17, 15) is 18.0 Å². The number of rotatable bonds is 2. The molecule has 1 heterocycles. The smallest absolute Gasteiger partial charge is 0.289 e. The van der Waals surface area contributed by atoms with E-state index >= 15 is 0 Å². The number of nitrogens with zero attached hydrogens (tertiary/aromatic N) is 4. The molecule has 1 rings (SSSR count). The van der Waals surface area contributed by atoms with Crippen LogP contribution in [0.3, 0.4) is 0 Å². The summed E-state index contributed by atoms with van der Waals surface area (Å²) in [6, 6.07) is 0. The molecule has 0 saturated carbocycles. The SMILES string of the molecule is Cn1nnc(CC(=O)C(F)(F)F)n1. The van der Waals surface area contributed by atoms with Crippen LogP contribution in [0.4, 0.5) is 13.2 Å². The Hall–Kier alpha value is -1.47. The molecule has 8 heteroatoms. The van der Waals surface area contributed by atoms with Crippen molar-refractivity contribution in [3.05, 3.63) is 5.82 Å². The van der Waals surface area contributed by atoms with Crippen LogP contribution in [0.5, 0.6) is 0 Å². The lowest BCUT2D eigenvalue weighted by Gasteiger charge is -2.00. The third-order valence-corrected chi connectivity index (χ3v) is 1.18. The normalized spacial score (nSPS) is 11.7. The maximum absolute atomic E-state index is 11.7. The fraction of sp³-hybridized carbons (Fsp3) is 0.600. The van der Waals surface area contributed by atoms with E-state index in [0.29, 0.717) is 0 Å². The van der Waals surface area contributed by atoms with Crippen LogP contribution in [0.25, 0.3) is 0 Å². The van der Waals surface area contributed by atoms with E-state index in [4.69, 9.17) is 0 Å². The molecule has 0 aliphatic rings. The second-order valence-corrected chi connectivity index (χ2v) is 2.29. The highest BCUT2D eigenvalue weighted by molar-refractivity contribution is 5.85. The molecule has 0 bridgehead atoms. The van der Waals surface area contributed by atoms with Crippen LogP contribution in [0.15, 0.2) is 0 Å². The predicted molar refractivity (Wildman–Crippen MR) is 33.6 cm³/mol. The highest BCUT2D eigenvalue weighted by atomic mass is 19.4. The zero-order valence-corrected chi connectivity index (χ0v) is 6.54. The minimum absolute atomic E-state index is 0.232. The van der Waals surface area contributed by atoms with E-state index in [1.807, 2.05) is 0 Å². The van der Waals surface area contributed by atoms with Gasteiger partial charge in [0, 0.05) is 0 Å². The average molecular weight is 194 g/mol. The minimum atomic E-state index is -4.83. The molecule has 0 N–H and O–H groups in total. The molecule has 0 saturated heterocycles. The van der Waals surface area contributed by atoms with E-state index in [1.165, 1.54) is 7.05 Å². The van der Waals surface area contributed by atoms with Gasteiger partial charge in [0.15, 0.2) is 5.82 Å². The maximum atomic E-state index is 11.7. The highest BCUT2D eigenvalue weighted by Gasteiger charge is 2.38. The van der Waals surface area contributed by atoms with E-state index in [1.54, 1.807) is 0 Å². The van der Waals surface area contributed by atoms with Crippen LogP contribution in [0.1, 0.15) is 5.82 Å². The molecule has 72 valence electrons. The standard InChI is InChI=1S/C5H5F3N4O/c1-12-10-4(9-11-12)2-3(13)5(6,7)8/h2H2,1H3. The van der Waals surface area contributed by atoms with Crippen molar-refractivity contribution in [1.82, 2.24) is 20.2 Å². The Morgan fingerprint density at radius 3 is 2.54 bits per heavy atom. The van der Waals surface area contributed by atoms with Gasteiger partial charge in [-0.2, -0.15) is 18.0 Å². The van der Waals surface area contributed by atoms with E-state index in [0.717, 1.165) is 4.80 Å². The summed E-state index contributed by atoms with van der Waals surface area (Å²) >= 11 is 0. The lowest BCUT2D eigenvalue weighted by Crippen LogP contribution is -2.25. The first-order valence-corrected chi connectivity index (χ1v) is 3.22. The molecule has 0 fully saturated rings. The van der Waals surface area contributed by atoms with Gasteiger partial charge in [-0.1, -0.05) is 0 Å². The molecule has 0 unspecified atom stereocenters. The zero-order chi connectivity index (χ0) is 10.1. The number of hydrogen-bond acceptors (Lipinski definition) is 4. The van der Waals surface area contributed by atoms with Gasteiger partial charge >= 0.3 is 6.18 Å². The Morgan fingerprint density at radius 2 is 2.15 bits per heavy atom. The summed E-state index contributed by atoms with van der Waals surface area (Å²) < 4.78 is 35.1. The van der Waals surface area contributed by atoms with Gasteiger partial charge in [0.2, 0.25) is 5.78 Å². The van der Waals surface area contributed by atoms with E-state index < -0.39 is 18.4 Å². The molecule has 1 aromatic rings. The first kappa shape index (κ1) is 9.62. The number of aryl methyl sites for hydroxylation is 1. The summed E-state index contributed by atoms with van der Waals surface area (Å²) in [6.07, 6.45) is -5.70. The summed E-state index contributed by atoms with van der Waals surface area (Å²) in [5, 5.41) is 9.98. The molecule has 0 aromatic carbocycles. The lowest BCUT2D eigenvalue weighted by atomic mass is 10.3. The number of Topliss-reactive ketones (excluding diaryl/α,β-unsaturated/α-hetero) is 1. The Bertz CT molecular complexity index is 318. The van der Waals surface area contributed by atoms with Gasteiger partial charge in [-0.25, -0.2) is 0 Å². The van der Waals surface area contributed by atoms with Crippen LogP contribution < -0.4 is 0 Å². The highest BCUT2D eigenvalue weighted by Crippen LogP contribution is 2.17. The lowest BCUT2D eigenvalue weighted by molar-refractivity contribution is -0.170. The second kappa shape index (κ2) is 3.11. The van der Waals surface area contributed by atoms with Gasteiger partial charge < -0.3 is 0 Å². The van der Waals surface area contributed by atoms with Gasteiger partial charge in [0.05, 0.1) is 13.5 Å². The van der Waals surface area contributed by atoms with Crippen LogP contribution in [-0.2, 0) is 18.3 Å². The Kier molecular flexibility index (Phi) is 2.30. The Labute approximate surface area is 70.5 Å². The quantitative estimate of drug-likeness (QED) is 0.658. The predicted octanol–water partition coefficient (Wildman–Crippen LogP) is -0.116. The first-order valence-electron chi connectivity index (χ1n) is 3.22. The fourth-order valence-corrected chi connectivity index (χ4v) is 0.638. The van der Waals surface area contributed by atoms with Crippen molar-refractivity contribution in [3.8, 4) is 0 Å². The molecule has 0 atom stereocenters. The minimum Gasteiger partial charge on any atom is -0.289 e. The van der Waals surface area contributed by atoms with E-state index in [-0.39, 0.29) is 5.82 Å². The molecular formula is C5H5F3N4O. The van der Waals surface area contributed by atoms with Gasteiger partial charge in [-0.3, -0.25) is 4.79 Å². The topological polar surface area (TPSA) is 60.7 Å². The van der Waals surface area contributed by atoms with Crippen LogP contribution in [0, 0.1) is 0 Å². The van der Waals surface area contributed by atoms with Crippen molar-refractivity contribution >= 4 is 5.78 Å². The molecule has 5 nitrogen and oxygen atoms in total. The third kappa shape index (κ3) is 2.49. The number of carbonyl (C=O) groups is 1. The number of hydrogen-bond donors (Lipinski definition) is 0.